The van der Waals surface area contributed by atoms with Crippen molar-refractivity contribution in [2.45, 2.75) is 25.9 Å². The first-order chi connectivity index (χ1) is 11.0. The van der Waals surface area contributed by atoms with E-state index < -0.39 is 27.8 Å². The van der Waals surface area contributed by atoms with Gasteiger partial charge in [0.1, 0.15) is 6.17 Å². The van der Waals surface area contributed by atoms with Crippen molar-refractivity contribution >= 4 is 25.9 Å². The van der Waals surface area contributed by atoms with Gasteiger partial charge in [-0.2, -0.15) is 8.42 Å². The quantitative estimate of drug-likeness (QED) is 0.286. The third-order valence-corrected chi connectivity index (χ3v) is 4.66. The van der Waals surface area contributed by atoms with E-state index in [1.165, 1.54) is 0 Å². The summed E-state index contributed by atoms with van der Waals surface area (Å²) in [6.45, 7) is 1.69. The van der Waals surface area contributed by atoms with E-state index in [4.69, 9.17) is 5.21 Å². The Bertz CT molecular complexity index is 799. The molecular weight excluding hydrogens is 321 g/mol. The Labute approximate surface area is 134 Å². The highest BCUT2D eigenvalue weighted by molar-refractivity contribution is 8.02. The SMILES string of the molecule is CCCOS(=O)(=O)C(CC(F)c1cccc2ccccc12)=NO. The van der Waals surface area contributed by atoms with Gasteiger partial charge >= 0.3 is 10.1 Å². The second-order valence-electron chi connectivity index (χ2n) is 5.01. The van der Waals surface area contributed by atoms with Crippen LogP contribution in [0.5, 0.6) is 0 Å². The summed E-state index contributed by atoms with van der Waals surface area (Å²) >= 11 is 0. The molecule has 2 rings (SSSR count). The number of fused-ring (bicyclic) bond motifs is 1. The van der Waals surface area contributed by atoms with Gasteiger partial charge in [0.05, 0.1) is 6.61 Å². The van der Waals surface area contributed by atoms with Crippen LogP contribution in [-0.2, 0) is 14.3 Å². The highest BCUT2D eigenvalue weighted by Crippen LogP contribution is 2.30. The van der Waals surface area contributed by atoms with Crippen molar-refractivity contribution in [2.75, 3.05) is 6.61 Å². The molecule has 0 radical (unpaired) electrons. The van der Waals surface area contributed by atoms with Crippen LogP contribution in [0.3, 0.4) is 0 Å². The van der Waals surface area contributed by atoms with Crippen molar-refractivity contribution in [1.29, 1.82) is 0 Å². The van der Waals surface area contributed by atoms with Gasteiger partial charge in [-0.1, -0.05) is 54.5 Å². The molecule has 0 aliphatic carbocycles. The van der Waals surface area contributed by atoms with E-state index in [9.17, 15) is 12.8 Å². The van der Waals surface area contributed by atoms with Crippen molar-refractivity contribution in [1.82, 2.24) is 0 Å². The number of nitrogens with zero attached hydrogens (tertiary/aromatic N) is 1. The summed E-state index contributed by atoms with van der Waals surface area (Å²) in [5.41, 5.74) is 0.343. The molecule has 0 saturated carbocycles. The maximum absolute atomic E-state index is 14.6. The van der Waals surface area contributed by atoms with Gasteiger partial charge in [-0.05, 0) is 22.8 Å². The molecule has 0 aliphatic heterocycles. The Morgan fingerprint density at radius 2 is 1.96 bits per heavy atom. The third kappa shape index (κ3) is 4.05. The Kier molecular flexibility index (Phi) is 5.68. The largest absolute Gasteiger partial charge is 0.410 e. The molecule has 124 valence electrons. The zero-order valence-electron chi connectivity index (χ0n) is 12.6. The van der Waals surface area contributed by atoms with Crippen LogP contribution in [0, 0.1) is 0 Å². The Hall–Kier alpha value is -1.99. The summed E-state index contributed by atoms with van der Waals surface area (Å²) in [6, 6.07) is 12.3. The Morgan fingerprint density at radius 1 is 1.26 bits per heavy atom. The first-order valence-corrected chi connectivity index (χ1v) is 8.62. The topological polar surface area (TPSA) is 76.0 Å². The van der Waals surface area contributed by atoms with Crippen molar-refractivity contribution in [2.24, 2.45) is 5.16 Å². The fourth-order valence-electron chi connectivity index (χ4n) is 2.24. The lowest BCUT2D eigenvalue weighted by molar-refractivity contribution is 0.302. The zero-order valence-corrected chi connectivity index (χ0v) is 13.5. The fourth-order valence-corrected chi connectivity index (χ4v) is 3.21. The van der Waals surface area contributed by atoms with Crippen LogP contribution in [0.2, 0.25) is 0 Å². The first kappa shape index (κ1) is 17.4. The summed E-state index contributed by atoms with van der Waals surface area (Å²) in [5.74, 6) is 0. The van der Waals surface area contributed by atoms with Gasteiger partial charge in [0.2, 0.25) is 5.04 Å². The van der Waals surface area contributed by atoms with E-state index >= 15 is 0 Å². The fraction of sp³-hybridized carbons (Fsp3) is 0.312. The average Bonchev–Trinajstić information content (AvgIpc) is 2.57. The first-order valence-electron chi connectivity index (χ1n) is 7.21. The van der Waals surface area contributed by atoms with Gasteiger partial charge in [0, 0.05) is 6.42 Å². The molecule has 0 aliphatic rings. The average molecular weight is 339 g/mol. The van der Waals surface area contributed by atoms with E-state index in [1.54, 1.807) is 31.2 Å². The van der Waals surface area contributed by atoms with Crippen LogP contribution in [0.15, 0.2) is 47.6 Å². The van der Waals surface area contributed by atoms with Crippen molar-refractivity contribution in [3.05, 3.63) is 48.0 Å². The summed E-state index contributed by atoms with van der Waals surface area (Å²) < 4.78 is 43.1. The molecule has 1 unspecified atom stereocenters. The molecule has 0 amide bonds. The molecule has 2 aromatic rings. The minimum Gasteiger partial charge on any atom is -0.410 e. The van der Waals surface area contributed by atoms with Gasteiger partial charge in [-0.15, -0.1) is 0 Å². The standard InChI is InChI=1S/C16H18FNO4S/c1-2-10-22-23(20,21)16(18-19)11-15(17)14-9-5-7-12-6-3-4-8-13(12)14/h3-9,15,19H,2,10-11H2,1H3. The van der Waals surface area contributed by atoms with Gasteiger partial charge in [-0.25, -0.2) is 4.39 Å². The highest BCUT2D eigenvalue weighted by Gasteiger charge is 2.26. The lowest BCUT2D eigenvalue weighted by Crippen LogP contribution is -2.20. The predicted molar refractivity (Wildman–Crippen MR) is 86.8 cm³/mol. The normalized spacial score (nSPS) is 14.1. The van der Waals surface area contributed by atoms with E-state index in [-0.39, 0.29) is 6.61 Å². The number of oxime groups is 1. The predicted octanol–water partition coefficient (Wildman–Crippen LogP) is 3.78. The Morgan fingerprint density at radius 3 is 2.65 bits per heavy atom. The summed E-state index contributed by atoms with van der Waals surface area (Å²) in [6.07, 6.45) is -1.75. The minimum absolute atomic E-state index is 0.0490. The van der Waals surface area contributed by atoms with Crippen molar-refractivity contribution in [3.63, 3.8) is 0 Å². The second-order valence-corrected chi connectivity index (χ2v) is 6.63. The van der Waals surface area contributed by atoms with Gasteiger partial charge in [-0.3, -0.25) is 4.18 Å². The maximum Gasteiger partial charge on any atom is 0.314 e. The van der Waals surface area contributed by atoms with Crippen LogP contribution in [0.4, 0.5) is 4.39 Å². The lowest BCUT2D eigenvalue weighted by atomic mass is 10.00. The van der Waals surface area contributed by atoms with Gasteiger partial charge in [0.15, 0.2) is 0 Å². The second kappa shape index (κ2) is 7.52. The van der Waals surface area contributed by atoms with Crippen LogP contribution < -0.4 is 0 Å². The maximum atomic E-state index is 14.6. The highest BCUT2D eigenvalue weighted by atomic mass is 32.2. The van der Waals surface area contributed by atoms with Crippen molar-refractivity contribution < 1.29 is 22.2 Å². The minimum atomic E-state index is -4.23. The molecule has 2 aromatic carbocycles. The molecular formula is C16H18FNO4S. The van der Waals surface area contributed by atoms with Crippen LogP contribution >= 0.6 is 0 Å². The molecule has 0 aromatic heterocycles. The molecule has 1 atom stereocenters. The molecule has 5 nitrogen and oxygen atoms in total. The van der Waals surface area contributed by atoms with Gasteiger partial charge < -0.3 is 5.21 Å². The van der Waals surface area contributed by atoms with Crippen LogP contribution in [0.25, 0.3) is 10.8 Å². The third-order valence-electron chi connectivity index (χ3n) is 3.36. The van der Waals surface area contributed by atoms with Crippen molar-refractivity contribution in [3.8, 4) is 0 Å². The van der Waals surface area contributed by atoms with E-state index in [2.05, 4.69) is 9.34 Å². The number of hydrogen-bond donors (Lipinski definition) is 1. The smallest absolute Gasteiger partial charge is 0.314 e. The lowest BCUT2D eigenvalue weighted by Gasteiger charge is -2.13. The molecule has 0 saturated heterocycles. The summed E-state index contributed by atoms with van der Waals surface area (Å²) in [5, 5.41) is 12.5. The van der Waals surface area contributed by atoms with Crippen LogP contribution in [-0.4, -0.2) is 25.3 Å². The molecule has 0 heterocycles. The van der Waals surface area contributed by atoms with Gasteiger partial charge in [0.25, 0.3) is 0 Å². The molecule has 1 N–H and O–H groups in total. The molecule has 0 bridgehead atoms. The zero-order chi connectivity index (χ0) is 16.9. The molecule has 7 heteroatoms. The number of alkyl halides is 1. The van der Waals surface area contributed by atoms with E-state index in [1.807, 2.05) is 18.2 Å². The molecule has 0 spiro atoms. The summed E-state index contributed by atoms with van der Waals surface area (Å²) in [4.78, 5) is 0. The van der Waals surface area contributed by atoms with E-state index in [0.717, 1.165) is 5.39 Å². The van der Waals surface area contributed by atoms with Crippen LogP contribution in [0.1, 0.15) is 31.5 Å². The van der Waals surface area contributed by atoms with E-state index in [0.29, 0.717) is 17.4 Å². The number of benzene rings is 2. The molecule has 23 heavy (non-hydrogen) atoms. The number of halogens is 1. The number of hydrogen-bond acceptors (Lipinski definition) is 5. The monoisotopic (exact) mass is 339 g/mol. The Balaban J connectivity index is 2.28. The summed E-state index contributed by atoms with van der Waals surface area (Å²) in [7, 11) is -4.23. The number of rotatable bonds is 6. The molecule has 0 fully saturated rings.